The SMILES string of the molecule is N#C/C(=C\c1cn(-c2ccccc2)nc1-c1cc2ccccc2o1)C(=O)NC1CC1. The fraction of sp³-hybridized carbons (Fsp3) is 0.125. The molecule has 0 atom stereocenters. The van der Waals surface area contributed by atoms with Gasteiger partial charge in [-0.25, -0.2) is 4.68 Å². The van der Waals surface area contributed by atoms with E-state index in [9.17, 15) is 10.1 Å². The van der Waals surface area contributed by atoms with Crippen LogP contribution in [0.25, 0.3) is 34.2 Å². The summed E-state index contributed by atoms with van der Waals surface area (Å²) >= 11 is 0. The van der Waals surface area contributed by atoms with Crippen molar-refractivity contribution in [3.63, 3.8) is 0 Å². The van der Waals surface area contributed by atoms with Gasteiger partial charge in [0.2, 0.25) is 0 Å². The molecular formula is C24H18N4O2. The number of nitrogens with one attached hydrogen (secondary N) is 1. The van der Waals surface area contributed by atoms with Crippen molar-refractivity contribution in [1.29, 1.82) is 5.26 Å². The molecule has 0 spiro atoms. The molecule has 1 amide bonds. The lowest BCUT2D eigenvalue weighted by atomic mass is 10.1. The molecule has 146 valence electrons. The number of fused-ring (bicyclic) bond motifs is 1. The average Bonchev–Trinajstić information content (AvgIpc) is 3.33. The third-order valence-corrected chi connectivity index (χ3v) is 5.00. The zero-order valence-corrected chi connectivity index (χ0v) is 16.1. The normalized spacial score (nSPS) is 13.9. The Morgan fingerprint density at radius 3 is 2.67 bits per heavy atom. The molecule has 1 N–H and O–H groups in total. The van der Waals surface area contributed by atoms with E-state index in [1.54, 1.807) is 17.0 Å². The summed E-state index contributed by atoms with van der Waals surface area (Å²) in [7, 11) is 0. The highest BCUT2D eigenvalue weighted by atomic mass is 16.3. The van der Waals surface area contributed by atoms with Gasteiger partial charge in [-0.3, -0.25) is 4.79 Å². The van der Waals surface area contributed by atoms with Crippen molar-refractivity contribution in [3.8, 4) is 23.2 Å². The number of aromatic nitrogens is 2. The molecule has 1 aliphatic rings. The van der Waals surface area contributed by atoms with Crippen LogP contribution in [0.15, 0.2) is 76.9 Å². The summed E-state index contributed by atoms with van der Waals surface area (Å²) in [5.74, 6) is 0.222. The molecule has 1 saturated carbocycles. The van der Waals surface area contributed by atoms with Gasteiger partial charge in [-0.2, -0.15) is 10.4 Å². The van der Waals surface area contributed by atoms with Crippen LogP contribution in [0.5, 0.6) is 0 Å². The van der Waals surface area contributed by atoms with E-state index in [0.717, 1.165) is 29.5 Å². The summed E-state index contributed by atoms with van der Waals surface area (Å²) < 4.78 is 7.73. The third-order valence-electron chi connectivity index (χ3n) is 5.00. The van der Waals surface area contributed by atoms with E-state index < -0.39 is 0 Å². The Hall–Kier alpha value is -4.11. The Kier molecular flexibility index (Phi) is 4.41. The van der Waals surface area contributed by atoms with E-state index in [4.69, 9.17) is 9.52 Å². The third kappa shape index (κ3) is 3.49. The van der Waals surface area contributed by atoms with Crippen LogP contribution >= 0.6 is 0 Å². The first-order valence-electron chi connectivity index (χ1n) is 9.78. The number of rotatable bonds is 5. The summed E-state index contributed by atoms with van der Waals surface area (Å²) in [4.78, 5) is 12.4. The first-order chi connectivity index (χ1) is 14.7. The maximum Gasteiger partial charge on any atom is 0.262 e. The molecule has 4 aromatic rings. The van der Waals surface area contributed by atoms with Crippen LogP contribution in [0.2, 0.25) is 0 Å². The van der Waals surface area contributed by atoms with Crippen molar-refractivity contribution in [2.24, 2.45) is 0 Å². The number of carbonyl (C=O) groups is 1. The second-order valence-corrected chi connectivity index (χ2v) is 7.28. The molecule has 1 fully saturated rings. The number of hydrogen-bond acceptors (Lipinski definition) is 4. The van der Waals surface area contributed by atoms with Crippen LogP contribution in [-0.2, 0) is 4.79 Å². The molecule has 2 aromatic heterocycles. The van der Waals surface area contributed by atoms with Crippen molar-refractivity contribution in [1.82, 2.24) is 15.1 Å². The van der Waals surface area contributed by atoms with Crippen molar-refractivity contribution in [2.45, 2.75) is 18.9 Å². The monoisotopic (exact) mass is 394 g/mol. The minimum Gasteiger partial charge on any atom is -0.454 e. The fourth-order valence-corrected chi connectivity index (χ4v) is 3.29. The van der Waals surface area contributed by atoms with Crippen LogP contribution < -0.4 is 5.32 Å². The number of hydrogen-bond donors (Lipinski definition) is 1. The first-order valence-corrected chi connectivity index (χ1v) is 9.78. The molecule has 2 aromatic carbocycles. The highest BCUT2D eigenvalue weighted by Crippen LogP contribution is 2.31. The second kappa shape index (κ2) is 7.37. The molecule has 0 bridgehead atoms. The molecular weight excluding hydrogens is 376 g/mol. The van der Waals surface area contributed by atoms with E-state index in [-0.39, 0.29) is 17.5 Å². The Morgan fingerprint density at radius 1 is 1.17 bits per heavy atom. The number of benzene rings is 2. The Bertz CT molecular complexity index is 1270. The van der Waals surface area contributed by atoms with Crippen molar-refractivity contribution in [2.75, 3.05) is 0 Å². The minimum absolute atomic E-state index is 0.0480. The predicted octanol–water partition coefficient (Wildman–Crippen LogP) is 4.47. The van der Waals surface area contributed by atoms with Gasteiger partial charge in [-0.05, 0) is 43.2 Å². The molecule has 5 rings (SSSR count). The van der Waals surface area contributed by atoms with E-state index in [1.807, 2.05) is 66.7 Å². The van der Waals surface area contributed by atoms with Crippen molar-refractivity contribution >= 4 is 23.0 Å². The van der Waals surface area contributed by atoms with E-state index in [2.05, 4.69) is 5.32 Å². The van der Waals surface area contributed by atoms with E-state index >= 15 is 0 Å². The lowest BCUT2D eigenvalue weighted by Gasteiger charge is -2.01. The van der Waals surface area contributed by atoms with E-state index in [1.165, 1.54) is 0 Å². The smallest absolute Gasteiger partial charge is 0.262 e. The minimum atomic E-state index is -0.358. The second-order valence-electron chi connectivity index (χ2n) is 7.28. The quantitative estimate of drug-likeness (QED) is 0.400. The van der Waals surface area contributed by atoms with Gasteiger partial charge in [0, 0.05) is 23.2 Å². The molecule has 2 heterocycles. The van der Waals surface area contributed by atoms with Gasteiger partial charge in [0.25, 0.3) is 5.91 Å². The zero-order chi connectivity index (χ0) is 20.5. The highest BCUT2D eigenvalue weighted by Gasteiger charge is 2.25. The number of nitriles is 1. The molecule has 0 saturated heterocycles. The molecule has 6 nitrogen and oxygen atoms in total. The molecule has 30 heavy (non-hydrogen) atoms. The van der Waals surface area contributed by atoms with Gasteiger partial charge in [-0.15, -0.1) is 0 Å². The van der Waals surface area contributed by atoms with Crippen LogP contribution in [0.1, 0.15) is 18.4 Å². The molecule has 0 aliphatic heterocycles. The van der Waals surface area contributed by atoms with Crippen LogP contribution in [0, 0.1) is 11.3 Å². The lowest BCUT2D eigenvalue weighted by Crippen LogP contribution is -2.26. The Labute approximate surface area is 173 Å². The number of para-hydroxylation sites is 2. The lowest BCUT2D eigenvalue weighted by molar-refractivity contribution is -0.117. The summed E-state index contributed by atoms with van der Waals surface area (Å²) in [6.45, 7) is 0. The average molecular weight is 394 g/mol. The van der Waals surface area contributed by atoms with Crippen LogP contribution in [-0.4, -0.2) is 21.7 Å². The number of carbonyl (C=O) groups excluding carboxylic acids is 1. The Balaban J connectivity index is 1.62. The summed E-state index contributed by atoms with van der Waals surface area (Å²) in [6.07, 6.45) is 5.30. The molecule has 6 heteroatoms. The van der Waals surface area contributed by atoms with Crippen molar-refractivity contribution < 1.29 is 9.21 Å². The van der Waals surface area contributed by atoms with Crippen molar-refractivity contribution in [3.05, 3.63) is 78.0 Å². The zero-order valence-electron chi connectivity index (χ0n) is 16.1. The highest BCUT2D eigenvalue weighted by molar-refractivity contribution is 6.02. The molecule has 1 aliphatic carbocycles. The van der Waals surface area contributed by atoms with Crippen LogP contribution in [0.4, 0.5) is 0 Å². The number of nitrogens with zero attached hydrogens (tertiary/aromatic N) is 3. The summed E-state index contributed by atoms with van der Waals surface area (Å²) in [5, 5.41) is 18.1. The van der Waals surface area contributed by atoms with Gasteiger partial charge in [0.05, 0.1) is 5.69 Å². The topological polar surface area (TPSA) is 83.8 Å². The largest absolute Gasteiger partial charge is 0.454 e. The van der Waals surface area contributed by atoms with Gasteiger partial charge in [-0.1, -0.05) is 36.4 Å². The van der Waals surface area contributed by atoms with Gasteiger partial charge in [0.1, 0.15) is 22.9 Å². The van der Waals surface area contributed by atoms with Crippen LogP contribution in [0.3, 0.4) is 0 Å². The van der Waals surface area contributed by atoms with Gasteiger partial charge < -0.3 is 9.73 Å². The summed E-state index contributed by atoms with van der Waals surface area (Å²) in [6, 6.07) is 21.5. The fourth-order valence-electron chi connectivity index (χ4n) is 3.29. The van der Waals surface area contributed by atoms with Gasteiger partial charge in [0.15, 0.2) is 5.76 Å². The summed E-state index contributed by atoms with van der Waals surface area (Å²) in [5.41, 5.74) is 2.88. The number of amides is 1. The molecule has 0 unspecified atom stereocenters. The first kappa shape index (κ1) is 18.0. The maximum absolute atomic E-state index is 12.4. The maximum atomic E-state index is 12.4. The standard InChI is InChI=1S/C24H18N4O2/c25-14-17(24(29)26-19-10-11-19)12-18-15-28(20-7-2-1-3-8-20)27-23(18)22-13-16-6-4-5-9-21(16)30-22/h1-9,12-13,15,19H,10-11H2,(H,26,29)/b17-12+. The van der Waals surface area contributed by atoms with Gasteiger partial charge >= 0.3 is 0 Å². The Morgan fingerprint density at radius 2 is 1.93 bits per heavy atom. The number of furan rings is 1. The van der Waals surface area contributed by atoms with E-state index in [0.29, 0.717) is 17.0 Å². The predicted molar refractivity (Wildman–Crippen MR) is 114 cm³/mol. The molecule has 0 radical (unpaired) electrons.